The molecule has 1 heterocycles. The fourth-order valence-electron chi connectivity index (χ4n) is 1.10. The summed E-state index contributed by atoms with van der Waals surface area (Å²) in [6, 6.07) is 0. The van der Waals surface area contributed by atoms with Gasteiger partial charge < -0.3 is 0 Å². The van der Waals surface area contributed by atoms with Gasteiger partial charge in [-0.3, -0.25) is 5.10 Å². The number of hydrogen-bond donors (Lipinski definition) is 1. The van der Waals surface area contributed by atoms with Crippen LogP contribution in [0, 0.1) is 0 Å². The Morgan fingerprint density at radius 3 is 2.70 bits per heavy atom. The summed E-state index contributed by atoms with van der Waals surface area (Å²) in [5.41, 5.74) is 1.23. The van der Waals surface area contributed by atoms with Crippen molar-refractivity contribution in [2.75, 3.05) is 0 Å². The zero-order chi connectivity index (χ0) is 6.81. The molecule has 0 fully saturated rings. The minimum absolute atomic E-state index is 0.443. The van der Waals surface area contributed by atoms with E-state index < -0.39 is 0 Å². The van der Waals surface area contributed by atoms with Crippen molar-refractivity contribution in [3.63, 3.8) is 0 Å². The van der Waals surface area contributed by atoms with Gasteiger partial charge >= 0.3 is 0 Å². The zero-order valence-electron chi connectivity index (χ0n) is 5.49. The molecule has 0 saturated carbocycles. The van der Waals surface area contributed by atoms with E-state index in [4.69, 9.17) is 0 Å². The van der Waals surface area contributed by atoms with Gasteiger partial charge in [0.15, 0.2) is 0 Å². The van der Waals surface area contributed by atoms with E-state index in [0.29, 0.717) is 5.92 Å². The number of hydrogen-bond acceptors (Lipinski definition) is 1. The average molecular weight is 132 g/mol. The Morgan fingerprint density at radius 1 is 1.30 bits per heavy atom. The van der Waals surface area contributed by atoms with Gasteiger partial charge in [0.1, 0.15) is 0 Å². The molecule has 2 rings (SSSR count). The van der Waals surface area contributed by atoms with Crippen LogP contribution >= 0.6 is 0 Å². The van der Waals surface area contributed by atoms with Crippen molar-refractivity contribution in [3.8, 4) is 0 Å². The Kier molecular flexibility index (Phi) is 1.17. The Hall–Kier alpha value is -1.31. The number of allylic oxidation sites excluding steroid dienone is 4. The molecule has 0 unspecified atom stereocenters. The third-order valence-corrected chi connectivity index (χ3v) is 1.65. The predicted octanol–water partition coefficient (Wildman–Crippen LogP) is 1.62. The minimum atomic E-state index is 0.443. The monoisotopic (exact) mass is 132 g/mol. The predicted molar refractivity (Wildman–Crippen MR) is 39.6 cm³/mol. The third-order valence-electron chi connectivity index (χ3n) is 1.65. The topological polar surface area (TPSA) is 28.7 Å². The SMILES string of the molecule is C1=CC(c2cn[nH]c2)C=C1. The normalized spacial score (nSPS) is 16.8. The lowest BCUT2D eigenvalue weighted by Gasteiger charge is -1.97. The van der Waals surface area contributed by atoms with Gasteiger partial charge in [-0.2, -0.15) is 5.10 Å². The maximum Gasteiger partial charge on any atom is 0.0528 e. The van der Waals surface area contributed by atoms with Crippen LogP contribution in [0.4, 0.5) is 0 Å². The van der Waals surface area contributed by atoms with Gasteiger partial charge in [0, 0.05) is 17.7 Å². The molecule has 1 aromatic rings. The van der Waals surface area contributed by atoms with Crippen LogP contribution in [0.25, 0.3) is 0 Å². The molecule has 10 heavy (non-hydrogen) atoms. The van der Waals surface area contributed by atoms with Crippen LogP contribution < -0.4 is 0 Å². The summed E-state index contributed by atoms with van der Waals surface area (Å²) in [6.45, 7) is 0. The first-order valence-electron chi connectivity index (χ1n) is 3.30. The molecule has 0 spiro atoms. The second-order valence-corrected chi connectivity index (χ2v) is 2.33. The molecular weight excluding hydrogens is 124 g/mol. The van der Waals surface area contributed by atoms with Gasteiger partial charge in [-0.05, 0) is 0 Å². The first-order chi connectivity index (χ1) is 4.97. The van der Waals surface area contributed by atoms with Crippen molar-refractivity contribution in [3.05, 3.63) is 42.3 Å². The number of nitrogens with zero attached hydrogens (tertiary/aromatic N) is 1. The molecule has 0 aliphatic heterocycles. The van der Waals surface area contributed by atoms with Gasteiger partial charge in [0.05, 0.1) is 6.20 Å². The van der Waals surface area contributed by atoms with Crippen LogP contribution in [-0.2, 0) is 0 Å². The van der Waals surface area contributed by atoms with E-state index in [1.807, 2.05) is 12.4 Å². The van der Waals surface area contributed by atoms with Crippen molar-refractivity contribution < 1.29 is 0 Å². The Morgan fingerprint density at radius 2 is 2.10 bits per heavy atom. The maximum atomic E-state index is 3.87. The van der Waals surface area contributed by atoms with Crippen LogP contribution in [0.5, 0.6) is 0 Å². The zero-order valence-corrected chi connectivity index (χ0v) is 5.49. The van der Waals surface area contributed by atoms with Crippen molar-refractivity contribution >= 4 is 0 Å². The number of aromatic amines is 1. The molecule has 0 atom stereocenters. The summed E-state index contributed by atoms with van der Waals surface area (Å²) >= 11 is 0. The van der Waals surface area contributed by atoms with Gasteiger partial charge in [0.2, 0.25) is 0 Å². The van der Waals surface area contributed by atoms with E-state index >= 15 is 0 Å². The van der Waals surface area contributed by atoms with E-state index in [1.54, 1.807) is 0 Å². The first-order valence-corrected chi connectivity index (χ1v) is 3.30. The lowest BCUT2D eigenvalue weighted by molar-refractivity contribution is 1.09. The highest BCUT2D eigenvalue weighted by molar-refractivity contribution is 5.31. The summed E-state index contributed by atoms with van der Waals surface area (Å²) in [7, 11) is 0. The highest BCUT2D eigenvalue weighted by atomic mass is 15.1. The fourth-order valence-corrected chi connectivity index (χ4v) is 1.10. The van der Waals surface area contributed by atoms with E-state index in [1.165, 1.54) is 5.56 Å². The van der Waals surface area contributed by atoms with Crippen LogP contribution in [0.15, 0.2) is 36.7 Å². The Balaban J connectivity index is 2.29. The Bertz CT molecular complexity index is 245. The van der Waals surface area contributed by atoms with Crippen molar-refractivity contribution in [1.29, 1.82) is 0 Å². The Labute approximate surface area is 59.3 Å². The highest BCUT2D eigenvalue weighted by Crippen LogP contribution is 2.20. The van der Waals surface area contributed by atoms with E-state index in [-0.39, 0.29) is 0 Å². The molecule has 1 N–H and O–H groups in total. The van der Waals surface area contributed by atoms with Gasteiger partial charge in [0.25, 0.3) is 0 Å². The molecule has 1 aliphatic carbocycles. The van der Waals surface area contributed by atoms with Crippen LogP contribution in [0.2, 0.25) is 0 Å². The molecule has 2 nitrogen and oxygen atoms in total. The molecule has 1 aliphatic rings. The number of H-pyrrole nitrogens is 1. The highest BCUT2D eigenvalue weighted by Gasteiger charge is 2.06. The second-order valence-electron chi connectivity index (χ2n) is 2.33. The van der Waals surface area contributed by atoms with Crippen LogP contribution in [0.3, 0.4) is 0 Å². The summed E-state index contributed by atoms with van der Waals surface area (Å²) in [5, 5.41) is 6.66. The summed E-state index contributed by atoms with van der Waals surface area (Å²) in [6.07, 6.45) is 12.2. The number of aromatic nitrogens is 2. The number of rotatable bonds is 1. The fraction of sp³-hybridized carbons (Fsp3) is 0.125. The second kappa shape index (κ2) is 2.14. The summed E-state index contributed by atoms with van der Waals surface area (Å²) in [5.74, 6) is 0.443. The lowest BCUT2D eigenvalue weighted by atomic mass is 10.1. The minimum Gasteiger partial charge on any atom is -0.285 e. The smallest absolute Gasteiger partial charge is 0.0528 e. The first kappa shape index (κ1) is 5.47. The van der Waals surface area contributed by atoms with E-state index in [2.05, 4.69) is 34.5 Å². The maximum absolute atomic E-state index is 3.87. The standard InChI is InChI=1S/C8H8N2/c1-2-4-7(3-1)8-5-9-10-6-8/h1-7H,(H,9,10). The molecular formula is C8H8N2. The van der Waals surface area contributed by atoms with Gasteiger partial charge in [-0.1, -0.05) is 24.3 Å². The largest absolute Gasteiger partial charge is 0.285 e. The molecule has 0 aromatic carbocycles. The van der Waals surface area contributed by atoms with Gasteiger partial charge in [-0.15, -0.1) is 0 Å². The van der Waals surface area contributed by atoms with Crippen molar-refractivity contribution in [2.24, 2.45) is 0 Å². The lowest BCUT2D eigenvalue weighted by Crippen LogP contribution is -1.83. The third kappa shape index (κ3) is 0.778. The van der Waals surface area contributed by atoms with Crippen molar-refractivity contribution in [1.82, 2.24) is 10.2 Å². The summed E-state index contributed by atoms with van der Waals surface area (Å²) in [4.78, 5) is 0. The molecule has 0 bridgehead atoms. The molecule has 0 saturated heterocycles. The van der Waals surface area contributed by atoms with Crippen LogP contribution in [-0.4, -0.2) is 10.2 Å². The van der Waals surface area contributed by atoms with E-state index in [9.17, 15) is 0 Å². The van der Waals surface area contributed by atoms with Gasteiger partial charge in [-0.25, -0.2) is 0 Å². The molecule has 0 amide bonds. The van der Waals surface area contributed by atoms with Crippen LogP contribution in [0.1, 0.15) is 11.5 Å². The molecule has 0 radical (unpaired) electrons. The van der Waals surface area contributed by atoms with Crippen molar-refractivity contribution in [2.45, 2.75) is 5.92 Å². The molecule has 2 heteroatoms. The van der Waals surface area contributed by atoms with E-state index in [0.717, 1.165) is 0 Å². The summed E-state index contributed by atoms with van der Waals surface area (Å²) < 4.78 is 0. The number of nitrogens with one attached hydrogen (secondary N) is 1. The molecule has 1 aromatic heterocycles. The average Bonchev–Trinajstić information content (AvgIpc) is 2.59. The molecule has 50 valence electrons. The quantitative estimate of drug-likeness (QED) is 0.618.